The molecule has 1 N–H and O–H groups in total. The van der Waals surface area contributed by atoms with E-state index in [0.29, 0.717) is 25.0 Å². The molecule has 0 bridgehead atoms. The van der Waals surface area contributed by atoms with Gasteiger partial charge in [0.15, 0.2) is 0 Å². The Labute approximate surface area is 79.0 Å². The summed E-state index contributed by atoms with van der Waals surface area (Å²) in [5.74, 6) is 2.03. The molecule has 3 heteroatoms. The molecule has 2 unspecified atom stereocenters. The van der Waals surface area contributed by atoms with Gasteiger partial charge in [0.2, 0.25) is 0 Å². The predicted octanol–water partition coefficient (Wildman–Crippen LogP) is 0.459. The van der Waals surface area contributed by atoms with E-state index in [1.807, 2.05) is 0 Å². The van der Waals surface area contributed by atoms with Crippen molar-refractivity contribution >= 4 is 0 Å². The number of piperidine rings is 1. The first-order valence-corrected chi connectivity index (χ1v) is 4.99. The van der Waals surface area contributed by atoms with E-state index in [0.717, 1.165) is 24.9 Å². The molecule has 1 aliphatic carbocycles. The van der Waals surface area contributed by atoms with Crippen LogP contribution in [-0.2, 0) is 0 Å². The van der Waals surface area contributed by atoms with Gasteiger partial charge in [-0.2, -0.15) is 5.26 Å². The van der Waals surface area contributed by atoms with Gasteiger partial charge in [-0.05, 0) is 24.7 Å². The van der Waals surface area contributed by atoms with Crippen LogP contribution in [0.25, 0.3) is 0 Å². The standard InChI is InChI=1S/C10H16N2O/c1-7(2-3-11)12-4-8-9(5-12)10(8)6-13/h7-10,13H,2,4-6H2,1H3/t7?,8-,9+,10?. The highest BCUT2D eigenvalue weighted by molar-refractivity contribution is 5.05. The molecule has 4 atom stereocenters. The van der Waals surface area contributed by atoms with Crippen LogP contribution in [0.15, 0.2) is 0 Å². The molecule has 0 radical (unpaired) electrons. The second-order valence-electron chi connectivity index (χ2n) is 4.34. The highest BCUT2D eigenvalue weighted by Crippen LogP contribution is 2.51. The quantitative estimate of drug-likeness (QED) is 0.686. The number of nitriles is 1. The molecule has 0 aromatic heterocycles. The summed E-state index contributed by atoms with van der Waals surface area (Å²) in [6.45, 7) is 4.66. The average molecular weight is 180 g/mol. The summed E-state index contributed by atoms with van der Waals surface area (Å²) < 4.78 is 0. The zero-order valence-corrected chi connectivity index (χ0v) is 7.98. The molecule has 72 valence electrons. The minimum Gasteiger partial charge on any atom is -0.396 e. The predicted molar refractivity (Wildman–Crippen MR) is 48.8 cm³/mol. The van der Waals surface area contributed by atoms with Gasteiger partial charge in [-0.25, -0.2) is 0 Å². The molecule has 1 aliphatic heterocycles. The van der Waals surface area contributed by atoms with Crippen LogP contribution in [-0.4, -0.2) is 35.7 Å². The maximum absolute atomic E-state index is 8.97. The van der Waals surface area contributed by atoms with Crippen molar-refractivity contribution in [2.24, 2.45) is 17.8 Å². The molecule has 0 amide bonds. The van der Waals surface area contributed by atoms with E-state index in [1.54, 1.807) is 0 Å². The molecule has 2 fully saturated rings. The van der Waals surface area contributed by atoms with Gasteiger partial charge in [0.05, 0.1) is 12.5 Å². The van der Waals surface area contributed by atoms with Crippen LogP contribution < -0.4 is 0 Å². The van der Waals surface area contributed by atoms with E-state index < -0.39 is 0 Å². The van der Waals surface area contributed by atoms with Gasteiger partial charge >= 0.3 is 0 Å². The van der Waals surface area contributed by atoms with Gasteiger partial charge in [0, 0.05) is 25.7 Å². The van der Waals surface area contributed by atoms with Crippen LogP contribution >= 0.6 is 0 Å². The molecular weight excluding hydrogens is 164 g/mol. The fraction of sp³-hybridized carbons (Fsp3) is 0.900. The fourth-order valence-corrected chi connectivity index (χ4v) is 2.57. The van der Waals surface area contributed by atoms with Gasteiger partial charge in [-0.15, -0.1) is 0 Å². The Morgan fingerprint density at radius 1 is 1.54 bits per heavy atom. The Kier molecular flexibility index (Phi) is 2.27. The number of hydrogen-bond donors (Lipinski definition) is 1. The number of fused-ring (bicyclic) bond motifs is 1. The van der Waals surface area contributed by atoms with Crippen molar-refractivity contribution in [3.05, 3.63) is 0 Å². The number of likely N-dealkylation sites (tertiary alicyclic amines) is 1. The van der Waals surface area contributed by atoms with Crippen LogP contribution in [0.5, 0.6) is 0 Å². The Hall–Kier alpha value is -0.590. The van der Waals surface area contributed by atoms with Crippen molar-refractivity contribution in [1.82, 2.24) is 4.90 Å². The van der Waals surface area contributed by atoms with Crippen LogP contribution in [0, 0.1) is 29.1 Å². The second-order valence-corrected chi connectivity index (χ2v) is 4.34. The third-order valence-electron chi connectivity index (χ3n) is 3.62. The topological polar surface area (TPSA) is 47.3 Å². The minimum absolute atomic E-state index is 0.357. The molecule has 3 nitrogen and oxygen atoms in total. The Bertz CT molecular complexity index is 224. The summed E-state index contributed by atoms with van der Waals surface area (Å²) >= 11 is 0. The summed E-state index contributed by atoms with van der Waals surface area (Å²) in [5.41, 5.74) is 0. The zero-order valence-electron chi connectivity index (χ0n) is 7.98. The number of aliphatic hydroxyl groups excluding tert-OH is 1. The number of rotatable bonds is 3. The lowest BCUT2D eigenvalue weighted by Gasteiger charge is -2.24. The number of aliphatic hydroxyl groups is 1. The molecule has 1 saturated carbocycles. The molecule has 0 spiro atoms. The Morgan fingerprint density at radius 3 is 2.62 bits per heavy atom. The highest BCUT2D eigenvalue weighted by Gasteiger charge is 2.55. The van der Waals surface area contributed by atoms with Crippen LogP contribution in [0.2, 0.25) is 0 Å². The van der Waals surface area contributed by atoms with Crippen molar-refractivity contribution in [2.45, 2.75) is 19.4 Å². The molecular formula is C10H16N2O. The lowest BCUT2D eigenvalue weighted by atomic mass is 10.2. The Balaban J connectivity index is 1.80. The van der Waals surface area contributed by atoms with Crippen molar-refractivity contribution < 1.29 is 5.11 Å². The summed E-state index contributed by atoms with van der Waals surface area (Å²) in [5, 5.41) is 17.5. The lowest BCUT2D eigenvalue weighted by Crippen LogP contribution is -2.33. The minimum atomic E-state index is 0.357. The first-order valence-electron chi connectivity index (χ1n) is 4.99. The first kappa shape index (κ1) is 8.98. The third kappa shape index (κ3) is 1.45. The molecule has 2 rings (SSSR count). The van der Waals surface area contributed by atoms with E-state index in [2.05, 4.69) is 17.9 Å². The van der Waals surface area contributed by atoms with Gasteiger partial charge < -0.3 is 5.11 Å². The zero-order chi connectivity index (χ0) is 9.42. The fourth-order valence-electron chi connectivity index (χ4n) is 2.57. The van der Waals surface area contributed by atoms with Crippen LogP contribution in [0.4, 0.5) is 0 Å². The average Bonchev–Trinajstić information content (AvgIpc) is 2.58. The highest BCUT2D eigenvalue weighted by atomic mass is 16.3. The largest absolute Gasteiger partial charge is 0.396 e. The lowest BCUT2D eigenvalue weighted by molar-refractivity contribution is 0.191. The van der Waals surface area contributed by atoms with Crippen LogP contribution in [0.1, 0.15) is 13.3 Å². The maximum Gasteiger partial charge on any atom is 0.0638 e. The van der Waals surface area contributed by atoms with E-state index in [-0.39, 0.29) is 0 Å². The number of nitrogens with zero attached hydrogens (tertiary/aromatic N) is 2. The normalized spacial score (nSPS) is 39.6. The summed E-state index contributed by atoms with van der Waals surface area (Å²) in [4.78, 5) is 2.38. The Morgan fingerprint density at radius 2 is 2.15 bits per heavy atom. The summed E-state index contributed by atoms with van der Waals surface area (Å²) in [6.07, 6.45) is 0.628. The molecule has 0 aromatic rings. The maximum atomic E-state index is 8.97. The van der Waals surface area contributed by atoms with Gasteiger partial charge in [0.25, 0.3) is 0 Å². The molecule has 1 heterocycles. The first-order chi connectivity index (χ1) is 6.27. The van der Waals surface area contributed by atoms with Gasteiger partial charge in [-0.1, -0.05) is 0 Å². The van der Waals surface area contributed by atoms with Crippen molar-refractivity contribution in [3.63, 3.8) is 0 Å². The molecule has 13 heavy (non-hydrogen) atoms. The third-order valence-corrected chi connectivity index (χ3v) is 3.62. The van der Waals surface area contributed by atoms with Crippen molar-refractivity contribution in [2.75, 3.05) is 19.7 Å². The van der Waals surface area contributed by atoms with E-state index >= 15 is 0 Å². The van der Waals surface area contributed by atoms with E-state index in [1.165, 1.54) is 0 Å². The molecule has 2 aliphatic rings. The monoisotopic (exact) mass is 180 g/mol. The van der Waals surface area contributed by atoms with Crippen molar-refractivity contribution in [1.29, 1.82) is 5.26 Å². The van der Waals surface area contributed by atoms with Crippen LogP contribution in [0.3, 0.4) is 0 Å². The van der Waals surface area contributed by atoms with E-state index in [9.17, 15) is 0 Å². The SMILES string of the molecule is CC(CC#N)N1C[C@@H]2C(CO)[C@@H]2C1. The molecule has 0 aromatic carbocycles. The summed E-state index contributed by atoms with van der Waals surface area (Å²) in [6, 6.07) is 2.61. The van der Waals surface area contributed by atoms with Gasteiger partial charge in [-0.3, -0.25) is 4.90 Å². The number of hydrogen-bond acceptors (Lipinski definition) is 3. The van der Waals surface area contributed by atoms with Crippen molar-refractivity contribution in [3.8, 4) is 6.07 Å². The summed E-state index contributed by atoms with van der Waals surface area (Å²) in [7, 11) is 0. The smallest absolute Gasteiger partial charge is 0.0638 e. The molecule has 1 saturated heterocycles. The van der Waals surface area contributed by atoms with E-state index in [4.69, 9.17) is 10.4 Å². The van der Waals surface area contributed by atoms with Gasteiger partial charge in [0.1, 0.15) is 0 Å². The second kappa shape index (κ2) is 3.28.